The molecule has 21 heavy (non-hydrogen) atoms. The van der Waals surface area contributed by atoms with Crippen LogP contribution in [-0.2, 0) is 6.54 Å². The van der Waals surface area contributed by atoms with Gasteiger partial charge in [-0.15, -0.1) is 0 Å². The van der Waals surface area contributed by atoms with Gasteiger partial charge in [-0.25, -0.2) is 4.98 Å². The van der Waals surface area contributed by atoms with E-state index in [9.17, 15) is 0 Å². The molecular weight excluding hydrogens is 328 g/mol. The van der Waals surface area contributed by atoms with Gasteiger partial charge in [-0.05, 0) is 47.8 Å². The highest BCUT2D eigenvalue weighted by Crippen LogP contribution is 2.25. The highest BCUT2D eigenvalue weighted by molar-refractivity contribution is 9.10. The molecule has 0 spiro atoms. The summed E-state index contributed by atoms with van der Waals surface area (Å²) in [5, 5.41) is 3.46. The number of hydrogen-bond donors (Lipinski definition) is 1. The third-order valence-electron chi connectivity index (χ3n) is 3.74. The van der Waals surface area contributed by atoms with Crippen molar-refractivity contribution in [2.45, 2.75) is 26.3 Å². The molecule has 1 fully saturated rings. The first-order valence-electron chi connectivity index (χ1n) is 7.29. The standard InChI is InChI=1S/C16H19BrN4/c1-12-4-5-13(16(20-12)21-8-2-3-9-21)10-19-15-6-7-18-11-14(15)17/h4-7,11H,2-3,8-10H2,1H3,(H,18,19). The van der Waals surface area contributed by atoms with E-state index in [-0.39, 0.29) is 0 Å². The molecular formula is C16H19BrN4. The lowest BCUT2D eigenvalue weighted by atomic mass is 10.2. The number of pyridine rings is 2. The van der Waals surface area contributed by atoms with Crippen molar-refractivity contribution < 1.29 is 0 Å². The second-order valence-corrected chi connectivity index (χ2v) is 6.19. The summed E-state index contributed by atoms with van der Waals surface area (Å²) in [5.41, 5.74) is 3.37. The molecule has 1 aliphatic rings. The van der Waals surface area contributed by atoms with Crippen LogP contribution in [0.1, 0.15) is 24.1 Å². The molecule has 0 aromatic carbocycles. The van der Waals surface area contributed by atoms with Crippen LogP contribution in [0.15, 0.2) is 35.1 Å². The predicted molar refractivity (Wildman–Crippen MR) is 89.7 cm³/mol. The molecule has 4 nitrogen and oxygen atoms in total. The monoisotopic (exact) mass is 346 g/mol. The number of rotatable bonds is 4. The Hall–Kier alpha value is -1.62. The maximum absolute atomic E-state index is 4.75. The Kier molecular flexibility index (Phi) is 4.39. The molecule has 0 radical (unpaired) electrons. The Morgan fingerprint density at radius 3 is 2.81 bits per heavy atom. The van der Waals surface area contributed by atoms with Crippen LogP contribution < -0.4 is 10.2 Å². The van der Waals surface area contributed by atoms with Crippen molar-refractivity contribution in [1.29, 1.82) is 0 Å². The Labute approximate surface area is 133 Å². The molecule has 3 rings (SSSR count). The summed E-state index contributed by atoms with van der Waals surface area (Å²) in [5.74, 6) is 1.13. The van der Waals surface area contributed by atoms with Crippen LogP contribution >= 0.6 is 15.9 Å². The van der Waals surface area contributed by atoms with Crippen LogP contribution in [0.25, 0.3) is 0 Å². The lowest BCUT2D eigenvalue weighted by Gasteiger charge is -2.21. The first kappa shape index (κ1) is 14.3. The van der Waals surface area contributed by atoms with E-state index in [4.69, 9.17) is 4.98 Å². The van der Waals surface area contributed by atoms with Gasteiger partial charge in [0.1, 0.15) is 5.82 Å². The summed E-state index contributed by atoms with van der Waals surface area (Å²) >= 11 is 3.52. The number of anilines is 2. The minimum absolute atomic E-state index is 0.766. The lowest BCUT2D eigenvalue weighted by Crippen LogP contribution is -2.21. The van der Waals surface area contributed by atoms with E-state index >= 15 is 0 Å². The average molecular weight is 347 g/mol. The Bertz CT molecular complexity index is 623. The zero-order valence-corrected chi connectivity index (χ0v) is 13.7. The molecule has 1 saturated heterocycles. The zero-order chi connectivity index (χ0) is 14.7. The van der Waals surface area contributed by atoms with Crippen LogP contribution in [0, 0.1) is 6.92 Å². The number of hydrogen-bond acceptors (Lipinski definition) is 4. The van der Waals surface area contributed by atoms with Crippen molar-refractivity contribution >= 4 is 27.4 Å². The highest BCUT2D eigenvalue weighted by Gasteiger charge is 2.17. The van der Waals surface area contributed by atoms with Crippen molar-refractivity contribution in [2.75, 3.05) is 23.3 Å². The van der Waals surface area contributed by atoms with Gasteiger partial charge in [0.15, 0.2) is 0 Å². The van der Waals surface area contributed by atoms with Crippen LogP contribution in [0.5, 0.6) is 0 Å². The van der Waals surface area contributed by atoms with Crippen molar-refractivity contribution in [2.24, 2.45) is 0 Å². The van der Waals surface area contributed by atoms with Gasteiger partial charge >= 0.3 is 0 Å². The molecule has 0 saturated carbocycles. The van der Waals surface area contributed by atoms with Crippen LogP contribution in [-0.4, -0.2) is 23.1 Å². The number of aromatic nitrogens is 2. The second-order valence-electron chi connectivity index (χ2n) is 5.34. The summed E-state index contributed by atoms with van der Waals surface area (Å²) in [7, 11) is 0. The fraction of sp³-hybridized carbons (Fsp3) is 0.375. The molecule has 0 unspecified atom stereocenters. The quantitative estimate of drug-likeness (QED) is 0.914. The van der Waals surface area contributed by atoms with Gasteiger partial charge in [-0.1, -0.05) is 6.07 Å². The van der Waals surface area contributed by atoms with Gasteiger partial charge in [0, 0.05) is 43.3 Å². The molecule has 3 heterocycles. The smallest absolute Gasteiger partial charge is 0.133 e. The molecule has 0 atom stereocenters. The molecule has 0 amide bonds. The van der Waals surface area contributed by atoms with E-state index in [0.717, 1.165) is 41.3 Å². The van der Waals surface area contributed by atoms with E-state index in [1.54, 1.807) is 12.4 Å². The van der Waals surface area contributed by atoms with Crippen LogP contribution in [0.3, 0.4) is 0 Å². The molecule has 0 aliphatic carbocycles. The number of aryl methyl sites for hydroxylation is 1. The SMILES string of the molecule is Cc1ccc(CNc2ccncc2Br)c(N2CCCC2)n1. The third-order valence-corrected chi connectivity index (χ3v) is 4.37. The van der Waals surface area contributed by atoms with Gasteiger partial charge in [0.25, 0.3) is 0 Å². The first-order chi connectivity index (χ1) is 10.2. The van der Waals surface area contributed by atoms with Crippen molar-refractivity contribution in [3.05, 3.63) is 46.3 Å². The van der Waals surface area contributed by atoms with Crippen molar-refractivity contribution in [3.8, 4) is 0 Å². The minimum atomic E-state index is 0.766. The number of nitrogens with zero attached hydrogens (tertiary/aromatic N) is 3. The largest absolute Gasteiger partial charge is 0.380 e. The van der Waals surface area contributed by atoms with Gasteiger partial charge in [0.05, 0.1) is 10.2 Å². The molecule has 5 heteroatoms. The van der Waals surface area contributed by atoms with Gasteiger partial charge in [-0.2, -0.15) is 0 Å². The Balaban J connectivity index is 1.80. The van der Waals surface area contributed by atoms with Gasteiger partial charge in [-0.3, -0.25) is 4.98 Å². The average Bonchev–Trinajstić information content (AvgIpc) is 3.01. The summed E-state index contributed by atoms with van der Waals surface area (Å²) in [4.78, 5) is 11.2. The summed E-state index contributed by atoms with van der Waals surface area (Å²) in [6, 6.07) is 6.23. The Morgan fingerprint density at radius 2 is 2.05 bits per heavy atom. The van der Waals surface area contributed by atoms with Crippen molar-refractivity contribution in [3.63, 3.8) is 0 Å². The lowest BCUT2D eigenvalue weighted by molar-refractivity contribution is 0.907. The maximum Gasteiger partial charge on any atom is 0.133 e. The molecule has 1 aliphatic heterocycles. The van der Waals surface area contributed by atoms with Crippen LogP contribution in [0.4, 0.5) is 11.5 Å². The number of nitrogens with one attached hydrogen (secondary N) is 1. The van der Waals surface area contributed by atoms with E-state index in [1.807, 2.05) is 6.07 Å². The topological polar surface area (TPSA) is 41.1 Å². The van der Waals surface area contributed by atoms with Gasteiger partial charge in [0.2, 0.25) is 0 Å². The minimum Gasteiger partial charge on any atom is -0.380 e. The summed E-state index contributed by atoms with van der Waals surface area (Å²) < 4.78 is 0.979. The molecule has 2 aromatic heterocycles. The molecule has 110 valence electrons. The number of halogens is 1. The fourth-order valence-electron chi connectivity index (χ4n) is 2.62. The van der Waals surface area contributed by atoms with E-state index < -0.39 is 0 Å². The third kappa shape index (κ3) is 3.35. The fourth-order valence-corrected chi connectivity index (χ4v) is 3.01. The molecule has 1 N–H and O–H groups in total. The summed E-state index contributed by atoms with van der Waals surface area (Å²) in [6.07, 6.45) is 6.12. The van der Waals surface area contributed by atoms with E-state index in [2.05, 4.69) is 50.2 Å². The highest BCUT2D eigenvalue weighted by atomic mass is 79.9. The van der Waals surface area contributed by atoms with E-state index in [1.165, 1.54) is 18.4 Å². The second kappa shape index (κ2) is 6.43. The van der Waals surface area contributed by atoms with Crippen LogP contribution in [0.2, 0.25) is 0 Å². The molecule has 2 aromatic rings. The normalized spacial score (nSPS) is 14.5. The maximum atomic E-state index is 4.75. The first-order valence-corrected chi connectivity index (χ1v) is 8.08. The van der Waals surface area contributed by atoms with Crippen molar-refractivity contribution in [1.82, 2.24) is 9.97 Å². The van der Waals surface area contributed by atoms with Gasteiger partial charge < -0.3 is 10.2 Å². The predicted octanol–water partition coefficient (Wildman–Crippen LogP) is 3.76. The molecule has 0 bridgehead atoms. The zero-order valence-electron chi connectivity index (χ0n) is 12.1. The Morgan fingerprint density at radius 1 is 1.24 bits per heavy atom. The summed E-state index contributed by atoms with van der Waals surface area (Å²) in [6.45, 7) is 5.04. The van der Waals surface area contributed by atoms with E-state index in [0.29, 0.717) is 0 Å².